The Bertz CT molecular complexity index is 214. The van der Waals surface area contributed by atoms with Gasteiger partial charge in [0.05, 0.1) is 0 Å². The minimum Gasteiger partial charge on any atom is -0.381 e. The molecule has 0 amide bonds. The van der Waals surface area contributed by atoms with Crippen LogP contribution in [0.3, 0.4) is 0 Å². The van der Waals surface area contributed by atoms with E-state index in [2.05, 4.69) is 12.2 Å². The summed E-state index contributed by atoms with van der Waals surface area (Å²) in [6.45, 7) is 6.13. The molecule has 0 bridgehead atoms. The van der Waals surface area contributed by atoms with Crippen molar-refractivity contribution in [1.82, 2.24) is 5.32 Å². The maximum atomic E-state index is 5.87. The third-order valence-electron chi connectivity index (χ3n) is 4.65. The molecular formula is C13H26N2O. The van der Waals surface area contributed by atoms with Crippen molar-refractivity contribution in [2.45, 2.75) is 51.0 Å². The Morgan fingerprint density at radius 3 is 2.38 bits per heavy atom. The Morgan fingerprint density at radius 2 is 1.88 bits per heavy atom. The molecule has 2 fully saturated rings. The molecular weight excluding hydrogens is 200 g/mol. The highest BCUT2D eigenvalue weighted by Gasteiger charge is 2.35. The van der Waals surface area contributed by atoms with Crippen LogP contribution in [0.5, 0.6) is 0 Å². The Balaban J connectivity index is 1.70. The first kappa shape index (κ1) is 12.3. The number of hydrogen-bond donors (Lipinski definition) is 2. The van der Waals surface area contributed by atoms with Gasteiger partial charge < -0.3 is 15.8 Å². The van der Waals surface area contributed by atoms with Gasteiger partial charge in [0.2, 0.25) is 0 Å². The van der Waals surface area contributed by atoms with Crippen LogP contribution in [-0.4, -0.2) is 31.8 Å². The van der Waals surface area contributed by atoms with Crippen LogP contribution in [0.4, 0.5) is 0 Å². The van der Waals surface area contributed by atoms with E-state index in [9.17, 15) is 0 Å². The van der Waals surface area contributed by atoms with Crippen molar-refractivity contribution in [3.63, 3.8) is 0 Å². The average molecular weight is 226 g/mol. The molecule has 94 valence electrons. The van der Waals surface area contributed by atoms with E-state index in [-0.39, 0.29) is 0 Å². The van der Waals surface area contributed by atoms with Gasteiger partial charge in [-0.15, -0.1) is 0 Å². The maximum absolute atomic E-state index is 5.87. The van der Waals surface area contributed by atoms with Crippen LogP contribution in [0, 0.1) is 5.41 Å². The van der Waals surface area contributed by atoms with E-state index in [1.807, 2.05) is 0 Å². The van der Waals surface area contributed by atoms with Gasteiger partial charge in [0.15, 0.2) is 0 Å². The lowest BCUT2D eigenvalue weighted by molar-refractivity contribution is 0.0414. The lowest BCUT2D eigenvalue weighted by Gasteiger charge is -2.42. The predicted molar refractivity (Wildman–Crippen MR) is 66.4 cm³/mol. The van der Waals surface area contributed by atoms with Gasteiger partial charge in [-0.05, 0) is 57.5 Å². The van der Waals surface area contributed by atoms with Crippen LogP contribution in [0.2, 0.25) is 0 Å². The van der Waals surface area contributed by atoms with Gasteiger partial charge in [-0.1, -0.05) is 6.42 Å². The highest BCUT2D eigenvalue weighted by atomic mass is 16.5. The fourth-order valence-electron chi connectivity index (χ4n) is 2.86. The molecule has 0 radical (unpaired) electrons. The summed E-state index contributed by atoms with van der Waals surface area (Å²) in [5.74, 6) is 0. The van der Waals surface area contributed by atoms with E-state index < -0.39 is 0 Å². The molecule has 0 atom stereocenters. The van der Waals surface area contributed by atoms with Gasteiger partial charge in [0.1, 0.15) is 0 Å². The van der Waals surface area contributed by atoms with Crippen molar-refractivity contribution >= 4 is 0 Å². The molecule has 0 unspecified atom stereocenters. The molecule has 2 aliphatic rings. The summed E-state index contributed by atoms with van der Waals surface area (Å²) in [4.78, 5) is 0. The van der Waals surface area contributed by atoms with Gasteiger partial charge in [0.25, 0.3) is 0 Å². The molecule has 1 saturated heterocycles. The van der Waals surface area contributed by atoms with Crippen LogP contribution >= 0.6 is 0 Å². The maximum Gasteiger partial charge on any atom is 0.0483 e. The smallest absolute Gasteiger partial charge is 0.0483 e. The number of rotatable bonds is 5. The Morgan fingerprint density at radius 1 is 1.19 bits per heavy atom. The summed E-state index contributed by atoms with van der Waals surface area (Å²) in [6.07, 6.45) is 7.59. The molecule has 3 nitrogen and oxygen atoms in total. The summed E-state index contributed by atoms with van der Waals surface area (Å²) in [5.41, 5.74) is 6.66. The number of nitrogens with one attached hydrogen (secondary N) is 1. The van der Waals surface area contributed by atoms with Gasteiger partial charge in [-0.3, -0.25) is 0 Å². The van der Waals surface area contributed by atoms with Crippen molar-refractivity contribution in [3.8, 4) is 0 Å². The van der Waals surface area contributed by atoms with E-state index in [0.717, 1.165) is 39.1 Å². The van der Waals surface area contributed by atoms with Gasteiger partial charge in [-0.25, -0.2) is 0 Å². The fraction of sp³-hybridized carbons (Fsp3) is 1.00. The third-order valence-corrected chi connectivity index (χ3v) is 4.65. The molecule has 0 spiro atoms. The quantitative estimate of drug-likeness (QED) is 0.749. The minimum atomic E-state index is 0.303. The van der Waals surface area contributed by atoms with Crippen molar-refractivity contribution in [2.75, 3.05) is 26.3 Å². The fourth-order valence-corrected chi connectivity index (χ4v) is 2.86. The number of nitrogens with two attached hydrogens (primary N) is 1. The topological polar surface area (TPSA) is 47.3 Å². The second-order valence-electron chi connectivity index (χ2n) is 5.91. The summed E-state index contributed by atoms with van der Waals surface area (Å²) in [6, 6.07) is 0. The first-order valence-electron chi connectivity index (χ1n) is 6.71. The van der Waals surface area contributed by atoms with E-state index in [4.69, 9.17) is 10.5 Å². The van der Waals surface area contributed by atoms with Crippen LogP contribution in [0.1, 0.15) is 45.4 Å². The van der Waals surface area contributed by atoms with Gasteiger partial charge >= 0.3 is 0 Å². The normalized spacial score (nSPS) is 27.4. The molecule has 2 rings (SSSR count). The van der Waals surface area contributed by atoms with Crippen LogP contribution in [0.15, 0.2) is 0 Å². The molecule has 3 N–H and O–H groups in total. The van der Waals surface area contributed by atoms with E-state index in [1.54, 1.807) is 0 Å². The van der Waals surface area contributed by atoms with E-state index >= 15 is 0 Å². The second kappa shape index (κ2) is 5.03. The largest absolute Gasteiger partial charge is 0.381 e. The highest BCUT2D eigenvalue weighted by Crippen LogP contribution is 2.42. The number of hydrogen-bond acceptors (Lipinski definition) is 3. The lowest BCUT2D eigenvalue weighted by atomic mass is 9.66. The van der Waals surface area contributed by atoms with Crippen molar-refractivity contribution < 1.29 is 4.74 Å². The van der Waals surface area contributed by atoms with E-state index in [0.29, 0.717) is 11.0 Å². The zero-order valence-corrected chi connectivity index (χ0v) is 10.6. The standard InChI is InChI=1S/C13H26N2O/c1-12(6-9-16-10-7-12)15-8-5-13(11-14)3-2-4-13/h15H,2-11,14H2,1H3. The zero-order valence-electron chi connectivity index (χ0n) is 10.6. The monoisotopic (exact) mass is 226 g/mol. The molecule has 16 heavy (non-hydrogen) atoms. The van der Waals surface area contributed by atoms with Gasteiger partial charge in [-0.2, -0.15) is 0 Å². The predicted octanol–water partition coefficient (Wildman–Crippen LogP) is 1.66. The first-order valence-corrected chi connectivity index (χ1v) is 6.71. The summed E-state index contributed by atoms with van der Waals surface area (Å²) in [7, 11) is 0. The van der Waals surface area contributed by atoms with Crippen molar-refractivity contribution in [2.24, 2.45) is 11.1 Å². The summed E-state index contributed by atoms with van der Waals surface area (Å²) in [5, 5.41) is 3.72. The van der Waals surface area contributed by atoms with Crippen molar-refractivity contribution in [3.05, 3.63) is 0 Å². The molecule has 1 aliphatic carbocycles. The average Bonchev–Trinajstić information content (AvgIpc) is 2.23. The summed E-state index contributed by atoms with van der Waals surface area (Å²) < 4.78 is 5.41. The first-order chi connectivity index (χ1) is 7.68. The highest BCUT2D eigenvalue weighted by molar-refractivity contribution is 4.91. The van der Waals surface area contributed by atoms with Gasteiger partial charge in [0, 0.05) is 18.8 Å². The van der Waals surface area contributed by atoms with Crippen LogP contribution in [0.25, 0.3) is 0 Å². The molecule has 0 aromatic heterocycles. The molecule has 1 aliphatic heterocycles. The van der Waals surface area contributed by atoms with Crippen LogP contribution in [-0.2, 0) is 4.74 Å². The second-order valence-corrected chi connectivity index (χ2v) is 5.91. The van der Waals surface area contributed by atoms with E-state index in [1.165, 1.54) is 25.7 Å². The number of ether oxygens (including phenoxy) is 1. The molecule has 1 heterocycles. The zero-order chi connectivity index (χ0) is 11.5. The third kappa shape index (κ3) is 2.76. The SMILES string of the molecule is CC1(NCCC2(CN)CCC2)CCOCC1. The Labute approximate surface area is 99.1 Å². The van der Waals surface area contributed by atoms with Crippen LogP contribution < -0.4 is 11.1 Å². The lowest BCUT2D eigenvalue weighted by Crippen LogP contribution is -2.49. The molecule has 1 saturated carbocycles. The Kier molecular flexibility index (Phi) is 3.88. The minimum absolute atomic E-state index is 0.303. The molecule has 0 aromatic rings. The molecule has 3 heteroatoms. The van der Waals surface area contributed by atoms with Crippen molar-refractivity contribution in [1.29, 1.82) is 0 Å². The Hall–Kier alpha value is -0.120. The molecule has 0 aromatic carbocycles. The summed E-state index contributed by atoms with van der Waals surface area (Å²) >= 11 is 0.